The average molecular weight is 341 g/mol. The molecule has 0 bridgehead atoms. The van der Waals surface area contributed by atoms with Crippen molar-refractivity contribution < 1.29 is 19.4 Å². The smallest absolute Gasteiger partial charge is 0.303 e. The van der Waals surface area contributed by atoms with Gasteiger partial charge in [0.1, 0.15) is 12.4 Å². The summed E-state index contributed by atoms with van der Waals surface area (Å²) in [4.78, 5) is 21.8. The van der Waals surface area contributed by atoms with Crippen molar-refractivity contribution in [1.82, 2.24) is 5.32 Å². The predicted octanol–water partition coefficient (Wildman–Crippen LogP) is 3.10. The van der Waals surface area contributed by atoms with Crippen LogP contribution in [0.1, 0.15) is 29.5 Å². The van der Waals surface area contributed by atoms with Crippen LogP contribution in [0.4, 0.5) is 0 Å². The first-order chi connectivity index (χ1) is 12.0. The van der Waals surface area contributed by atoms with Gasteiger partial charge in [-0.25, -0.2) is 0 Å². The van der Waals surface area contributed by atoms with E-state index in [0.717, 1.165) is 16.9 Å². The van der Waals surface area contributed by atoms with Gasteiger partial charge in [-0.15, -0.1) is 0 Å². The number of nitrogens with one attached hydrogen (secondary N) is 1. The Balaban J connectivity index is 1.72. The van der Waals surface area contributed by atoms with Gasteiger partial charge in [0.2, 0.25) is 5.91 Å². The van der Waals surface area contributed by atoms with Gasteiger partial charge >= 0.3 is 5.97 Å². The molecule has 0 saturated heterocycles. The highest BCUT2D eigenvalue weighted by Crippen LogP contribution is 2.15. The maximum Gasteiger partial charge on any atom is 0.303 e. The topological polar surface area (TPSA) is 75.6 Å². The summed E-state index contributed by atoms with van der Waals surface area (Å²) in [5.74, 6) is -0.396. The number of amides is 1. The minimum Gasteiger partial charge on any atom is -0.489 e. The van der Waals surface area contributed by atoms with Gasteiger partial charge in [0.15, 0.2) is 0 Å². The number of carboxylic acids is 1. The van der Waals surface area contributed by atoms with Crippen LogP contribution in [-0.4, -0.2) is 23.5 Å². The lowest BCUT2D eigenvalue weighted by Gasteiger charge is -2.08. The van der Waals surface area contributed by atoms with Gasteiger partial charge in [-0.1, -0.05) is 42.0 Å². The largest absolute Gasteiger partial charge is 0.489 e. The van der Waals surface area contributed by atoms with Crippen molar-refractivity contribution >= 4 is 11.9 Å². The molecule has 0 radical (unpaired) electrons. The summed E-state index contributed by atoms with van der Waals surface area (Å²) >= 11 is 0. The fourth-order valence-electron chi connectivity index (χ4n) is 2.38. The zero-order chi connectivity index (χ0) is 18.1. The summed E-state index contributed by atoms with van der Waals surface area (Å²) < 4.78 is 5.77. The lowest BCUT2D eigenvalue weighted by molar-refractivity contribution is -0.138. The fourth-order valence-corrected chi connectivity index (χ4v) is 2.38. The standard InChI is InChI=1S/C20H23NO4/c1-15-3-2-4-17(13-15)14-25-18-7-5-16(6-8-18)11-12-21-19(22)9-10-20(23)24/h2-8,13H,9-12,14H2,1H3,(H,21,22)(H,23,24). The number of aryl methyl sites for hydroxylation is 1. The zero-order valence-corrected chi connectivity index (χ0v) is 14.3. The first kappa shape index (κ1) is 18.5. The summed E-state index contributed by atoms with van der Waals surface area (Å²) in [5.41, 5.74) is 3.43. The summed E-state index contributed by atoms with van der Waals surface area (Å²) in [6.45, 7) is 3.07. The molecule has 0 fully saturated rings. The fraction of sp³-hybridized carbons (Fsp3) is 0.300. The number of carboxylic acid groups (broad SMARTS) is 1. The Morgan fingerprint density at radius 2 is 1.80 bits per heavy atom. The molecular weight excluding hydrogens is 318 g/mol. The van der Waals surface area contributed by atoms with E-state index in [1.54, 1.807) is 0 Å². The Bertz CT molecular complexity index is 710. The normalized spacial score (nSPS) is 10.3. The highest BCUT2D eigenvalue weighted by Gasteiger charge is 2.04. The Hall–Kier alpha value is -2.82. The van der Waals surface area contributed by atoms with Crippen LogP contribution in [0.2, 0.25) is 0 Å². The Morgan fingerprint density at radius 3 is 2.48 bits per heavy atom. The number of rotatable bonds is 9. The molecule has 132 valence electrons. The second-order valence-corrected chi connectivity index (χ2v) is 5.92. The zero-order valence-electron chi connectivity index (χ0n) is 14.3. The van der Waals surface area contributed by atoms with Gasteiger partial charge in [-0.2, -0.15) is 0 Å². The molecule has 0 aliphatic rings. The number of carbonyl (C=O) groups excluding carboxylic acids is 1. The third-order valence-electron chi connectivity index (χ3n) is 3.71. The molecule has 0 unspecified atom stereocenters. The minimum atomic E-state index is -0.962. The van der Waals surface area contributed by atoms with Gasteiger partial charge in [-0.3, -0.25) is 9.59 Å². The highest BCUT2D eigenvalue weighted by atomic mass is 16.5. The maximum absolute atomic E-state index is 11.4. The van der Waals surface area contributed by atoms with Crippen LogP contribution in [0.3, 0.4) is 0 Å². The van der Waals surface area contributed by atoms with E-state index in [1.807, 2.05) is 36.4 Å². The number of ether oxygens (including phenoxy) is 1. The lowest BCUT2D eigenvalue weighted by Crippen LogP contribution is -2.25. The summed E-state index contributed by atoms with van der Waals surface area (Å²) in [6, 6.07) is 16.0. The number of benzene rings is 2. The molecule has 2 N–H and O–H groups in total. The molecule has 2 rings (SSSR count). The van der Waals surface area contributed by atoms with Gasteiger partial charge in [0.05, 0.1) is 6.42 Å². The molecule has 0 aliphatic carbocycles. The van der Waals surface area contributed by atoms with E-state index in [0.29, 0.717) is 19.6 Å². The molecule has 1 amide bonds. The number of hydrogen-bond donors (Lipinski definition) is 2. The number of aliphatic carboxylic acids is 1. The van der Waals surface area contributed by atoms with Crippen molar-refractivity contribution in [2.24, 2.45) is 0 Å². The molecule has 0 aliphatic heterocycles. The molecule has 5 heteroatoms. The summed E-state index contributed by atoms with van der Waals surface area (Å²) in [5, 5.41) is 11.2. The van der Waals surface area contributed by atoms with E-state index in [-0.39, 0.29) is 18.7 Å². The average Bonchev–Trinajstić information content (AvgIpc) is 2.59. The van der Waals surface area contributed by atoms with E-state index in [4.69, 9.17) is 9.84 Å². The van der Waals surface area contributed by atoms with Crippen LogP contribution in [0, 0.1) is 6.92 Å². The van der Waals surface area contributed by atoms with E-state index in [2.05, 4.69) is 24.4 Å². The number of hydrogen-bond acceptors (Lipinski definition) is 3. The first-order valence-corrected chi connectivity index (χ1v) is 8.29. The third kappa shape index (κ3) is 7.08. The van der Waals surface area contributed by atoms with Crippen LogP contribution < -0.4 is 10.1 Å². The van der Waals surface area contributed by atoms with Gasteiger partial charge in [-0.05, 0) is 36.6 Å². The van der Waals surface area contributed by atoms with Crippen molar-refractivity contribution in [2.45, 2.75) is 32.8 Å². The summed E-state index contributed by atoms with van der Waals surface area (Å²) in [7, 11) is 0. The van der Waals surface area contributed by atoms with Gasteiger partial charge < -0.3 is 15.2 Å². The van der Waals surface area contributed by atoms with Crippen LogP contribution in [0.5, 0.6) is 5.75 Å². The first-order valence-electron chi connectivity index (χ1n) is 8.29. The SMILES string of the molecule is Cc1cccc(COc2ccc(CCNC(=O)CCC(=O)O)cc2)c1. The molecule has 0 aromatic heterocycles. The van der Waals surface area contributed by atoms with Crippen molar-refractivity contribution in [3.63, 3.8) is 0 Å². The number of carbonyl (C=O) groups is 2. The molecule has 2 aromatic carbocycles. The lowest BCUT2D eigenvalue weighted by atomic mass is 10.1. The quantitative estimate of drug-likeness (QED) is 0.735. The molecule has 2 aromatic rings. The molecule has 5 nitrogen and oxygen atoms in total. The van der Waals surface area contributed by atoms with Gasteiger partial charge in [0.25, 0.3) is 0 Å². The predicted molar refractivity (Wildman–Crippen MR) is 95.5 cm³/mol. The second kappa shape index (κ2) is 9.47. The highest BCUT2D eigenvalue weighted by molar-refractivity contribution is 5.80. The van der Waals surface area contributed by atoms with Crippen LogP contribution in [-0.2, 0) is 22.6 Å². The van der Waals surface area contributed by atoms with Crippen LogP contribution >= 0.6 is 0 Å². The molecule has 0 spiro atoms. The van der Waals surface area contributed by atoms with E-state index >= 15 is 0 Å². The maximum atomic E-state index is 11.4. The minimum absolute atomic E-state index is 0.0150. The molecule has 0 saturated carbocycles. The van der Waals surface area contributed by atoms with E-state index in [1.165, 1.54) is 5.56 Å². The van der Waals surface area contributed by atoms with E-state index in [9.17, 15) is 9.59 Å². The molecule has 0 atom stereocenters. The van der Waals surface area contributed by atoms with Gasteiger partial charge in [0, 0.05) is 13.0 Å². The van der Waals surface area contributed by atoms with Crippen molar-refractivity contribution in [1.29, 1.82) is 0 Å². The second-order valence-electron chi connectivity index (χ2n) is 5.92. The molecule has 0 heterocycles. The third-order valence-corrected chi connectivity index (χ3v) is 3.71. The Labute approximate surface area is 147 Å². The van der Waals surface area contributed by atoms with Crippen molar-refractivity contribution in [3.8, 4) is 5.75 Å². The van der Waals surface area contributed by atoms with Crippen molar-refractivity contribution in [3.05, 3.63) is 65.2 Å². The van der Waals surface area contributed by atoms with Crippen LogP contribution in [0.25, 0.3) is 0 Å². The van der Waals surface area contributed by atoms with Crippen molar-refractivity contribution in [2.75, 3.05) is 6.54 Å². The van der Waals surface area contributed by atoms with E-state index < -0.39 is 5.97 Å². The Morgan fingerprint density at radius 1 is 1.04 bits per heavy atom. The summed E-state index contributed by atoms with van der Waals surface area (Å²) in [6.07, 6.45) is 0.566. The molecule has 25 heavy (non-hydrogen) atoms. The monoisotopic (exact) mass is 341 g/mol. The molecular formula is C20H23NO4. The Kier molecular flexibility index (Phi) is 7.01. The van der Waals surface area contributed by atoms with Crippen LogP contribution in [0.15, 0.2) is 48.5 Å².